The minimum absolute atomic E-state index is 0.0137. The lowest BCUT2D eigenvalue weighted by Crippen LogP contribution is -2.28. The van der Waals surface area contributed by atoms with Gasteiger partial charge in [0.05, 0.1) is 19.1 Å². The third kappa shape index (κ3) is 2.04. The van der Waals surface area contributed by atoms with Gasteiger partial charge < -0.3 is 9.52 Å². The van der Waals surface area contributed by atoms with Gasteiger partial charge in [-0.2, -0.15) is 5.06 Å². The second kappa shape index (κ2) is 4.64. The van der Waals surface area contributed by atoms with E-state index in [1.54, 1.807) is 12.5 Å². The molecule has 4 nitrogen and oxygen atoms in total. The molecule has 0 spiro atoms. The van der Waals surface area contributed by atoms with Gasteiger partial charge in [0.2, 0.25) is 0 Å². The SMILES string of the molecule is OC[C@H]1[C@@H](/C=C/c2ccoc2)ON2CCC[C@@H]12. The number of nitrogens with zero attached hydrogens (tertiary/aromatic N) is 1. The van der Waals surface area contributed by atoms with Crippen LogP contribution in [0.5, 0.6) is 0 Å². The van der Waals surface area contributed by atoms with E-state index in [1.807, 2.05) is 23.3 Å². The lowest BCUT2D eigenvalue weighted by molar-refractivity contribution is -0.135. The van der Waals surface area contributed by atoms with Gasteiger partial charge in [0.15, 0.2) is 0 Å². The van der Waals surface area contributed by atoms with Crippen molar-refractivity contribution in [3.63, 3.8) is 0 Å². The van der Waals surface area contributed by atoms with Crippen LogP contribution in [0.4, 0.5) is 0 Å². The monoisotopic (exact) mass is 235 g/mol. The fourth-order valence-electron chi connectivity index (χ4n) is 2.76. The molecular formula is C13H17NO3. The fraction of sp³-hybridized carbons (Fsp3) is 0.538. The number of fused-ring (bicyclic) bond motifs is 1. The van der Waals surface area contributed by atoms with Crippen molar-refractivity contribution in [1.82, 2.24) is 5.06 Å². The van der Waals surface area contributed by atoms with Crippen molar-refractivity contribution in [2.24, 2.45) is 5.92 Å². The Balaban J connectivity index is 1.71. The van der Waals surface area contributed by atoms with Crippen molar-refractivity contribution in [3.8, 4) is 0 Å². The van der Waals surface area contributed by atoms with Gasteiger partial charge in [-0.3, -0.25) is 4.84 Å². The summed E-state index contributed by atoms with van der Waals surface area (Å²) >= 11 is 0. The summed E-state index contributed by atoms with van der Waals surface area (Å²) in [5.74, 6) is 0.195. The van der Waals surface area contributed by atoms with Crippen LogP contribution in [0.25, 0.3) is 6.08 Å². The molecule has 3 rings (SSSR count). The Kier molecular flexibility index (Phi) is 3.01. The molecule has 3 heterocycles. The van der Waals surface area contributed by atoms with E-state index >= 15 is 0 Å². The summed E-state index contributed by atoms with van der Waals surface area (Å²) in [5.41, 5.74) is 1.03. The first-order valence-electron chi connectivity index (χ1n) is 6.13. The lowest BCUT2D eigenvalue weighted by Gasteiger charge is -2.15. The van der Waals surface area contributed by atoms with Crippen LogP contribution in [-0.2, 0) is 4.84 Å². The predicted molar refractivity (Wildman–Crippen MR) is 62.9 cm³/mol. The molecule has 0 bridgehead atoms. The predicted octanol–water partition coefficient (Wildman–Crippen LogP) is 1.68. The quantitative estimate of drug-likeness (QED) is 0.865. The normalized spacial score (nSPS) is 33.6. The summed E-state index contributed by atoms with van der Waals surface area (Å²) in [7, 11) is 0. The molecule has 0 radical (unpaired) electrons. The van der Waals surface area contributed by atoms with Crippen molar-refractivity contribution in [3.05, 3.63) is 30.2 Å². The Morgan fingerprint density at radius 3 is 3.24 bits per heavy atom. The standard InChI is InChI=1S/C13H17NO3/c15-8-11-12-2-1-6-14(12)17-13(11)4-3-10-5-7-16-9-10/h3-5,7,9,11-13,15H,1-2,6,8H2/b4-3+/t11-,12+,13-/m1/s1. The maximum atomic E-state index is 9.48. The smallest absolute Gasteiger partial charge is 0.104 e. The zero-order valence-corrected chi connectivity index (χ0v) is 9.66. The number of furan rings is 1. The van der Waals surface area contributed by atoms with Gasteiger partial charge in [0.25, 0.3) is 0 Å². The van der Waals surface area contributed by atoms with E-state index in [9.17, 15) is 5.11 Å². The first-order valence-corrected chi connectivity index (χ1v) is 6.13. The first kappa shape index (κ1) is 11.0. The molecule has 4 heteroatoms. The van der Waals surface area contributed by atoms with Gasteiger partial charge in [-0.25, -0.2) is 0 Å². The van der Waals surface area contributed by atoms with E-state index in [2.05, 4.69) is 0 Å². The van der Waals surface area contributed by atoms with Gasteiger partial charge in [0.1, 0.15) is 6.10 Å². The summed E-state index contributed by atoms with van der Waals surface area (Å²) < 4.78 is 5.01. The highest BCUT2D eigenvalue weighted by molar-refractivity contribution is 5.47. The van der Waals surface area contributed by atoms with E-state index in [-0.39, 0.29) is 18.6 Å². The van der Waals surface area contributed by atoms with E-state index in [0.29, 0.717) is 6.04 Å². The van der Waals surface area contributed by atoms with Gasteiger partial charge in [-0.1, -0.05) is 12.2 Å². The summed E-state index contributed by atoms with van der Waals surface area (Å²) in [6.45, 7) is 1.17. The molecule has 0 amide bonds. The molecule has 0 aromatic carbocycles. The third-order valence-corrected chi connectivity index (χ3v) is 3.65. The van der Waals surface area contributed by atoms with Gasteiger partial charge in [-0.05, 0) is 18.9 Å². The molecule has 1 aromatic rings. The van der Waals surface area contributed by atoms with Crippen LogP contribution in [0.3, 0.4) is 0 Å². The number of rotatable bonds is 3. The van der Waals surface area contributed by atoms with Crippen molar-refractivity contribution in [1.29, 1.82) is 0 Å². The van der Waals surface area contributed by atoms with E-state index in [0.717, 1.165) is 18.5 Å². The highest BCUT2D eigenvalue weighted by Crippen LogP contribution is 2.35. The van der Waals surface area contributed by atoms with Crippen molar-refractivity contribution in [2.75, 3.05) is 13.2 Å². The van der Waals surface area contributed by atoms with Gasteiger partial charge >= 0.3 is 0 Å². The Labute approximate surface area is 100 Å². The molecule has 2 aliphatic heterocycles. The van der Waals surface area contributed by atoms with Crippen LogP contribution in [0, 0.1) is 5.92 Å². The second-order valence-electron chi connectivity index (χ2n) is 4.68. The molecule has 0 aliphatic carbocycles. The Bertz CT molecular complexity index is 387. The molecule has 0 saturated carbocycles. The summed E-state index contributed by atoms with van der Waals surface area (Å²) in [4.78, 5) is 5.84. The number of aliphatic hydroxyl groups is 1. The van der Waals surface area contributed by atoms with E-state index in [1.165, 1.54) is 6.42 Å². The summed E-state index contributed by atoms with van der Waals surface area (Å²) in [6, 6.07) is 2.29. The molecule has 92 valence electrons. The lowest BCUT2D eigenvalue weighted by atomic mass is 9.94. The van der Waals surface area contributed by atoms with Crippen LogP contribution in [0.15, 0.2) is 29.1 Å². The highest BCUT2D eigenvalue weighted by atomic mass is 16.7. The zero-order valence-electron chi connectivity index (χ0n) is 9.66. The van der Waals surface area contributed by atoms with Gasteiger partial charge in [-0.15, -0.1) is 0 Å². The largest absolute Gasteiger partial charge is 0.472 e. The van der Waals surface area contributed by atoms with Crippen LogP contribution >= 0.6 is 0 Å². The number of hydroxylamine groups is 2. The molecule has 2 fully saturated rings. The van der Waals surface area contributed by atoms with Crippen LogP contribution in [0.2, 0.25) is 0 Å². The molecular weight excluding hydrogens is 218 g/mol. The molecule has 1 N–H and O–H groups in total. The average molecular weight is 235 g/mol. The first-order chi connectivity index (χ1) is 8.38. The molecule has 2 aliphatic rings. The molecule has 17 heavy (non-hydrogen) atoms. The summed E-state index contributed by atoms with van der Waals surface area (Å²) in [5, 5.41) is 11.5. The minimum Gasteiger partial charge on any atom is -0.472 e. The van der Waals surface area contributed by atoms with E-state index in [4.69, 9.17) is 9.25 Å². The Morgan fingerprint density at radius 2 is 2.47 bits per heavy atom. The average Bonchev–Trinajstić information content (AvgIpc) is 3.02. The van der Waals surface area contributed by atoms with Crippen LogP contribution in [-0.4, -0.2) is 35.5 Å². The van der Waals surface area contributed by atoms with Crippen molar-refractivity contribution in [2.45, 2.75) is 25.0 Å². The summed E-state index contributed by atoms with van der Waals surface area (Å²) in [6.07, 6.45) is 9.63. The van der Waals surface area contributed by atoms with E-state index < -0.39 is 0 Å². The second-order valence-corrected chi connectivity index (χ2v) is 4.68. The molecule has 1 aromatic heterocycles. The molecule has 3 atom stereocenters. The highest BCUT2D eigenvalue weighted by Gasteiger charge is 2.43. The number of hydrogen-bond donors (Lipinski definition) is 1. The Morgan fingerprint density at radius 1 is 1.53 bits per heavy atom. The zero-order chi connectivity index (χ0) is 11.7. The van der Waals surface area contributed by atoms with Crippen LogP contribution < -0.4 is 0 Å². The van der Waals surface area contributed by atoms with Crippen molar-refractivity contribution < 1.29 is 14.4 Å². The number of hydrogen-bond acceptors (Lipinski definition) is 4. The van der Waals surface area contributed by atoms with Gasteiger partial charge in [0, 0.05) is 24.1 Å². The van der Waals surface area contributed by atoms with Crippen molar-refractivity contribution >= 4 is 6.08 Å². The van der Waals surface area contributed by atoms with Crippen LogP contribution in [0.1, 0.15) is 18.4 Å². The maximum absolute atomic E-state index is 9.48. The Hall–Kier alpha value is -1.10. The maximum Gasteiger partial charge on any atom is 0.104 e. The third-order valence-electron chi connectivity index (χ3n) is 3.65. The fourth-order valence-corrected chi connectivity index (χ4v) is 2.76. The molecule has 0 unspecified atom stereocenters. The topological polar surface area (TPSA) is 45.8 Å². The number of aliphatic hydroxyl groups excluding tert-OH is 1. The minimum atomic E-state index is -0.0137. The molecule has 2 saturated heterocycles.